The van der Waals surface area contributed by atoms with Crippen molar-refractivity contribution in [3.05, 3.63) is 99.5 Å². The highest BCUT2D eigenvalue weighted by atomic mass is 35.5. The first-order valence-electron chi connectivity index (χ1n) is 13.9. The fourth-order valence-electron chi connectivity index (χ4n) is 4.61. The van der Waals surface area contributed by atoms with E-state index < -0.39 is 28.5 Å². The van der Waals surface area contributed by atoms with E-state index in [-0.39, 0.29) is 30.7 Å². The van der Waals surface area contributed by atoms with E-state index in [1.165, 1.54) is 4.90 Å². The first-order valence-corrected chi connectivity index (χ1v) is 16.5. The maximum absolute atomic E-state index is 14.3. The van der Waals surface area contributed by atoms with Crippen molar-refractivity contribution in [1.29, 1.82) is 0 Å². The predicted molar refractivity (Wildman–Crippen MR) is 172 cm³/mol. The molecule has 0 radical (unpaired) electrons. The van der Waals surface area contributed by atoms with E-state index in [4.69, 9.17) is 23.2 Å². The van der Waals surface area contributed by atoms with Crippen LogP contribution in [0.3, 0.4) is 0 Å². The van der Waals surface area contributed by atoms with E-state index in [0.717, 1.165) is 21.7 Å². The molecule has 3 aromatic rings. The van der Waals surface area contributed by atoms with Gasteiger partial charge in [0.2, 0.25) is 21.8 Å². The quantitative estimate of drug-likeness (QED) is 0.240. The van der Waals surface area contributed by atoms with Gasteiger partial charge in [-0.25, -0.2) is 8.42 Å². The zero-order chi connectivity index (χ0) is 31.0. The average Bonchev–Trinajstić information content (AvgIpc) is 2.94. The molecule has 1 N–H and O–H groups in total. The first kappa shape index (κ1) is 33.4. The van der Waals surface area contributed by atoms with Crippen molar-refractivity contribution in [2.45, 2.75) is 52.6 Å². The molecule has 3 rings (SSSR count). The van der Waals surface area contributed by atoms with Crippen molar-refractivity contribution in [2.24, 2.45) is 5.92 Å². The Morgan fingerprint density at radius 3 is 2.10 bits per heavy atom. The molecule has 7 nitrogen and oxygen atoms in total. The lowest BCUT2D eigenvalue weighted by Crippen LogP contribution is -2.53. The smallest absolute Gasteiger partial charge is 0.244 e. The molecule has 0 saturated heterocycles. The Labute approximate surface area is 259 Å². The standard InChI is InChI=1S/C32H39Cl2N3O4S/c1-22(2)19-35-32(39)30(18-24-11-7-6-8-12-24)36(20-25-15-16-27(33)28(34)17-25)31(38)21-37(42(5,40)41)29-14-10-9-13-26(29)23(3)4/h6-17,22-23,30H,18-21H2,1-5H3,(H,35,39)/t30-/m0/s1. The molecule has 0 bridgehead atoms. The molecule has 0 fully saturated rings. The van der Waals surface area contributed by atoms with Crippen LogP contribution in [0.15, 0.2) is 72.8 Å². The van der Waals surface area contributed by atoms with E-state index in [9.17, 15) is 18.0 Å². The molecule has 0 unspecified atom stereocenters. The Morgan fingerprint density at radius 2 is 1.50 bits per heavy atom. The molecule has 1 atom stereocenters. The van der Waals surface area contributed by atoms with E-state index in [2.05, 4.69) is 5.32 Å². The normalized spacial score (nSPS) is 12.3. The molecule has 0 spiro atoms. The molecular weight excluding hydrogens is 593 g/mol. The molecule has 0 aliphatic heterocycles. The van der Waals surface area contributed by atoms with Gasteiger partial charge in [-0.15, -0.1) is 0 Å². The van der Waals surface area contributed by atoms with Crippen LogP contribution in [0.2, 0.25) is 10.0 Å². The predicted octanol–water partition coefficient (Wildman–Crippen LogP) is 6.30. The van der Waals surface area contributed by atoms with Crippen LogP contribution in [0, 0.1) is 5.92 Å². The summed E-state index contributed by atoms with van der Waals surface area (Å²) in [6.07, 6.45) is 1.32. The number of halogens is 2. The van der Waals surface area contributed by atoms with Gasteiger partial charge in [-0.05, 0) is 46.7 Å². The zero-order valence-electron chi connectivity index (χ0n) is 24.7. The number of nitrogens with one attached hydrogen (secondary N) is 1. The highest BCUT2D eigenvalue weighted by molar-refractivity contribution is 7.92. The van der Waals surface area contributed by atoms with Crippen molar-refractivity contribution in [2.75, 3.05) is 23.7 Å². The van der Waals surface area contributed by atoms with Gasteiger partial charge < -0.3 is 10.2 Å². The van der Waals surface area contributed by atoms with Crippen LogP contribution in [0.4, 0.5) is 5.69 Å². The number of anilines is 1. The van der Waals surface area contributed by atoms with Crippen molar-refractivity contribution >= 4 is 50.7 Å². The second-order valence-corrected chi connectivity index (χ2v) is 13.8. The topological polar surface area (TPSA) is 86.8 Å². The molecular formula is C32H39Cl2N3O4S. The van der Waals surface area contributed by atoms with Crippen molar-refractivity contribution in [3.8, 4) is 0 Å². The van der Waals surface area contributed by atoms with E-state index >= 15 is 0 Å². The average molecular weight is 633 g/mol. The lowest BCUT2D eigenvalue weighted by atomic mass is 10.0. The monoisotopic (exact) mass is 631 g/mol. The summed E-state index contributed by atoms with van der Waals surface area (Å²) in [6.45, 7) is 7.87. The molecule has 0 heterocycles. The Kier molecular flexibility index (Phi) is 11.9. The van der Waals surface area contributed by atoms with Gasteiger partial charge in [-0.3, -0.25) is 13.9 Å². The van der Waals surface area contributed by atoms with Crippen LogP contribution in [0.5, 0.6) is 0 Å². The number of sulfonamides is 1. The molecule has 0 aromatic heterocycles. The Bertz CT molecular complexity index is 1480. The van der Waals surface area contributed by atoms with Crippen LogP contribution in [-0.4, -0.2) is 50.5 Å². The number of rotatable bonds is 13. The lowest BCUT2D eigenvalue weighted by molar-refractivity contribution is -0.140. The Hall–Kier alpha value is -3.07. The number of para-hydroxylation sites is 1. The third-order valence-corrected chi connectivity index (χ3v) is 8.66. The van der Waals surface area contributed by atoms with Crippen LogP contribution in [0.1, 0.15) is 50.3 Å². The van der Waals surface area contributed by atoms with Gasteiger partial charge in [-0.1, -0.05) is 105 Å². The number of amides is 2. The Morgan fingerprint density at radius 1 is 0.857 bits per heavy atom. The van der Waals surface area contributed by atoms with Crippen molar-refractivity contribution in [3.63, 3.8) is 0 Å². The highest BCUT2D eigenvalue weighted by Crippen LogP contribution is 2.30. The van der Waals surface area contributed by atoms with Crippen molar-refractivity contribution < 1.29 is 18.0 Å². The molecule has 0 saturated carbocycles. The van der Waals surface area contributed by atoms with Gasteiger partial charge in [0.1, 0.15) is 12.6 Å². The fraction of sp³-hybridized carbons (Fsp3) is 0.375. The first-order chi connectivity index (χ1) is 19.8. The summed E-state index contributed by atoms with van der Waals surface area (Å²) in [5.41, 5.74) is 2.74. The molecule has 0 aliphatic carbocycles. The molecule has 3 aromatic carbocycles. The minimum atomic E-state index is -3.87. The van der Waals surface area contributed by atoms with Crippen LogP contribution < -0.4 is 9.62 Å². The summed E-state index contributed by atoms with van der Waals surface area (Å²) in [5.74, 6) is -0.639. The third-order valence-electron chi connectivity index (χ3n) is 6.80. The number of hydrogen-bond acceptors (Lipinski definition) is 4. The minimum absolute atomic E-state index is 0.0144. The summed E-state index contributed by atoms with van der Waals surface area (Å²) < 4.78 is 27.4. The maximum Gasteiger partial charge on any atom is 0.244 e. The molecule has 42 heavy (non-hydrogen) atoms. The van der Waals surface area contributed by atoms with Gasteiger partial charge >= 0.3 is 0 Å². The number of nitrogens with zero attached hydrogens (tertiary/aromatic N) is 2. The number of hydrogen-bond donors (Lipinski definition) is 1. The van der Waals surface area contributed by atoms with Gasteiger partial charge in [0.25, 0.3) is 0 Å². The van der Waals surface area contributed by atoms with Gasteiger partial charge in [-0.2, -0.15) is 0 Å². The van der Waals surface area contributed by atoms with Crippen LogP contribution in [0.25, 0.3) is 0 Å². The maximum atomic E-state index is 14.3. The van der Waals surface area contributed by atoms with Crippen LogP contribution >= 0.6 is 23.2 Å². The largest absolute Gasteiger partial charge is 0.354 e. The minimum Gasteiger partial charge on any atom is -0.354 e. The number of carbonyl (C=O) groups excluding carboxylic acids is 2. The summed E-state index contributed by atoms with van der Waals surface area (Å²) >= 11 is 12.5. The zero-order valence-corrected chi connectivity index (χ0v) is 27.0. The molecule has 226 valence electrons. The molecule has 0 aliphatic rings. The van der Waals surface area contributed by atoms with Crippen LogP contribution in [-0.2, 0) is 32.6 Å². The van der Waals surface area contributed by atoms with Gasteiger partial charge in [0.05, 0.1) is 22.0 Å². The SMILES string of the molecule is CC(C)CNC(=O)[C@H](Cc1ccccc1)N(Cc1ccc(Cl)c(Cl)c1)C(=O)CN(c1ccccc1C(C)C)S(C)(=O)=O. The number of carbonyl (C=O) groups is 2. The van der Waals surface area contributed by atoms with Gasteiger partial charge in [0.15, 0.2) is 0 Å². The van der Waals surface area contributed by atoms with E-state index in [1.807, 2.05) is 70.2 Å². The van der Waals surface area contributed by atoms with Gasteiger partial charge in [0, 0.05) is 19.5 Å². The Balaban J connectivity index is 2.10. The lowest BCUT2D eigenvalue weighted by Gasteiger charge is -2.34. The molecule has 10 heteroatoms. The third kappa shape index (κ3) is 9.21. The number of benzene rings is 3. The second kappa shape index (κ2) is 14.9. The summed E-state index contributed by atoms with van der Waals surface area (Å²) in [6, 6.07) is 20.7. The molecule has 2 amide bonds. The van der Waals surface area contributed by atoms with Crippen molar-refractivity contribution in [1.82, 2.24) is 10.2 Å². The summed E-state index contributed by atoms with van der Waals surface area (Å²) in [4.78, 5) is 29.4. The second-order valence-electron chi connectivity index (χ2n) is 11.1. The van der Waals surface area contributed by atoms with E-state index in [1.54, 1.807) is 30.3 Å². The fourth-order valence-corrected chi connectivity index (χ4v) is 5.80. The summed E-state index contributed by atoms with van der Waals surface area (Å²) in [7, 11) is -3.87. The van der Waals surface area contributed by atoms with E-state index in [0.29, 0.717) is 27.8 Å². The highest BCUT2D eigenvalue weighted by Gasteiger charge is 2.33. The summed E-state index contributed by atoms with van der Waals surface area (Å²) in [5, 5.41) is 3.65.